The minimum atomic E-state index is -0.0344. The Labute approximate surface area is 244 Å². The molecule has 3 aromatic carbocycles. The number of fused-ring (bicyclic) bond motifs is 1. The smallest absolute Gasteiger partial charge is 0.266 e. The first-order valence-corrected chi connectivity index (χ1v) is 14.7. The number of carbonyl (C=O) groups is 2. The fraction of sp³-hybridized carbons (Fsp3) is 0.312. The fourth-order valence-corrected chi connectivity index (χ4v) is 7.01. The average molecular weight is 576 g/mol. The molecule has 2 amide bonds. The van der Waals surface area contributed by atoms with Gasteiger partial charge in [-0.2, -0.15) is 0 Å². The van der Waals surface area contributed by atoms with Gasteiger partial charge in [0, 0.05) is 47.0 Å². The van der Waals surface area contributed by atoms with Gasteiger partial charge in [-0.3, -0.25) is 9.59 Å². The minimum absolute atomic E-state index is 0.0344. The van der Waals surface area contributed by atoms with Crippen LogP contribution in [0, 0.1) is 0 Å². The number of methoxy groups -OCH3 is 1. The Kier molecular flexibility index (Phi) is 8.74. The molecule has 0 radical (unpaired) electrons. The summed E-state index contributed by atoms with van der Waals surface area (Å²) in [4.78, 5) is 29.5. The van der Waals surface area contributed by atoms with E-state index in [2.05, 4.69) is 11.4 Å². The first kappa shape index (κ1) is 28.1. The van der Waals surface area contributed by atoms with Crippen LogP contribution in [-0.4, -0.2) is 50.5 Å². The molecule has 0 unspecified atom stereocenters. The molecule has 0 atom stereocenters. The highest BCUT2D eigenvalue weighted by atomic mass is 35.5. The van der Waals surface area contributed by atoms with Gasteiger partial charge >= 0.3 is 0 Å². The summed E-state index contributed by atoms with van der Waals surface area (Å²) in [7, 11) is 5.40. The Hall–Kier alpha value is -3.39. The van der Waals surface area contributed by atoms with E-state index in [0.29, 0.717) is 22.5 Å². The van der Waals surface area contributed by atoms with Gasteiger partial charge in [0.05, 0.1) is 12.1 Å². The van der Waals surface area contributed by atoms with Gasteiger partial charge in [0.2, 0.25) is 6.41 Å². The number of benzene rings is 3. The second kappa shape index (κ2) is 12.4. The van der Waals surface area contributed by atoms with Crippen molar-refractivity contribution in [2.45, 2.75) is 44.3 Å². The summed E-state index contributed by atoms with van der Waals surface area (Å²) in [5.41, 5.74) is 3.80. The van der Waals surface area contributed by atoms with E-state index in [1.54, 1.807) is 14.2 Å². The Balaban J connectivity index is 1.50. The Morgan fingerprint density at radius 1 is 1.05 bits per heavy atom. The SMILES string of the molecule is CN[C@H]1CC[C@@H](N(Cc2cc(-c3ccc(N(C)C=O)cc3)ccc2OC)C(=O)c2sc3ccccc3c2Cl)CC1. The van der Waals surface area contributed by atoms with Crippen molar-refractivity contribution < 1.29 is 14.3 Å². The van der Waals surface area contributed by atoms with E-state index in [4.69, 9.17) is 16.3 Å². The maximum atomic E-state index is 14.2. The lowest BCUT2D eigenvalue weighted by Gasteiger charge is -2.37. The molecule has 1 aromatic heterocycles. The van der Waals surface area contributed by atoms with E-state index in [1.807, 2.05) is 72.6 Å². The van der Waals surface area contributed by atoms with Gasteiger partial charge in [0.1, 0.15) is 10.6 Å². The van der Waals surface area contributed by atoms with Crippen molar-refractivity contribution >= 4 is 51.0 Å². The highest BCUT2D eigenvalue weighted by molar-refractivity contribution is 7.21. The largest absolute Gasteiger partial charge is 0.496 e. The van der Waals surface area contributed by atoms with Crippen LogP contribution in [0.25, 0.3) is 21.2 Å². The predicted octanol–water partition coefficient (Wildman–Crippen LogP) is 7.00. The first-order chi connectivity index (χ1) is 19.4. The molecule has 40 heavy (non-hydrogen) atoms. The van der Waals surface area contributed by atoms with Crippen LogP contribution in [-0.2, 0) is 11.3 Å². The Morgan fingerprint density at radius 2 is 1.75 bits per heavy atom. The lowest BCUT2D eigenvalue weighted by Crippen LogP contribution is -2.44. The summed E-state index contributed by atoms with van der Waals surface area (Å²) in [5, 5.41) is 4.84. The molecule has 0 aliphatic heterocycles. The number of rotatable bonds is 9. The highest BCUT2D eigenvalue weighted by Gasteiger charge is 2.32. The molecule has 1 N–H and O–H groups in total. The molecule has 1 aliphatic carbocycles. The third-order valence-electron chi connectivity index (χ3n) is 7.92. The zero-order chi connectivity index (χ0) is 28.2. The van der Waals surface area contributed by atoms with Crippen LogP contribution in [0.3, 0.4) is 0 Å². The van der Waals surface area contributed by atoms with Crippen LogP contribution in [0.2, 0.25) is 5.02 Å². The van der Waals surface area contributed by atoms with Crippen molar-refractivity contribution in [3.8, 4) is 16.9 Å². The van der Waals surface area contributed by atoms with Crippen LogP contribution >= 0.6 is 22.9 Å². The number of carbonyl (C=O) groups excluding carboxylic acids is 2. The number of thiophene rings is 1. The van der Waals surface area contributed by atoms with Crippen LogP contribution in [0.4, 0.5) is 5.69 Å². The van der Waals surface area contributed by atoms with Crippen LogP contribution in [0.5, 0.6) is 5.75 Å². The quantitative estimate of drug-likeness (QED) is 0.218. The molecular formula is C32H34ClN3O3S. The number of halogens is 1. The maximum Gasteiger partial charge on any atom is 0.266 e. The minimum Gasteiger partial charge on any atom is -0.496 e. The summed E-state index contributed by atoms with van der Waals surface area (Å²) in [6, 6.07) is 22.4. The van der Waals surface area contributed by atoms with E-state index >= 15 is 0 Å². The maximum absolute atomic E-state index is 14.2. The van der Waals surface area contributed by atoms with E-state index in [-0.39, 0.29) is 11.9 Å². The lowest BCUT2D eigenvalue weighted by atomic mass is 9.89. The van der Waals surface area contributed by atoms with Gasteiger partial charge in [0.15, 0.2) is 0 Å². The van der Waals surface area contributed by atoms with Crippen molar-refractivity contribution in [1.82, 2.24) is 10.2 Å². The zero-order valence-electron chi connectivity index (χ0n) is 23.0. The number of hydrogen-bond acceptors (Lipinski definition) is 5. The van der Waals surface area contributed by atoms with Gasteiger partial charge < -0.3 is 19.9 Å². The molecule has 1 aliphatic rings. The topological polar surface area (TPSA) is 61.9 Å². The molecular weight excluding hydrogens is 542 g/mol. The third-order valence-corrected chi connectivity index (χ3v) is 9.59. The highest BCUT2D eigenvalue weighted by Crippen LogP contribution is 2.38. The number of amides is 2. The van der Waals surface area contributed by atoms with Crippen LogP contribution in [0.1, 0.15) is 40.9 Å². The Morgan fingerprint density at radius 3 is 2.40 bits per heavy atom. The molecule has 4 aromatic rings. The number of nitrogens with one attached hydrogen (secondary N) is 1. The monoisotopic (exact) mass is 575 g/mol. The van der Waals surface area contributed by atoms with Gasteiger partial charge in [-0.05, 0) is 74.2 Å². The number of anilines is 1. The second-order valence-corrected chi connectivity index (χ2v) is 11.7. The van der Waals surface area contributed by atoms with Gasteiger partial charge in [-0.25, -0.2) is 0 Å². The van der Waals surface area contributed by atoms with Crippen molar-refractivity contribution in [3.05, 3.63) is 82.2 Å². The molecule has 0 spiro atoms. The van der Waals surface area contributed by atoms with Gasteiger partial charge in [-0.1, -0.05) is 48.0 Å². The molecule has 8 heteroatoms. The van der Waals surface area contributed by atoms with E-state index in [0.717, 1.165) is 70.3 Å². The van der Waals surface area contributed by atoms with Crippen molar-refractivity contribution in [2.24, 2.45) is 0 Å². The molecule has 0 bridgehead atoms. The molecule has 5 rings (SSSR count). The van der Waals surface area contributed by atoms with Gasteiger partial charge in [-0.15, -0.1) is 11.3 Å². The van der Waals surface area contributed by atoms with Crippen molar-refractivity contribution in [3.63, 3.8) is 0 Å². The van der Waals surface area contributed by atoms with E-state index in [9.17, 15) is 9.59 Å². The summed E-state index contributed by atoms with van der Waals surface area (Å²) >= 11 is 8.26. The first-order valence-electron chi connectivity index (χ1n) is 13.5. The fourth-order valence-electron chi connectivity index (χ4n) is 5.54. The van der Waals surface area contributed by atoms with Gasteiger partial charge in [0.25, 0.3) is 5.91 Å². The summed E-state index contributed by atoms with van der Waals surface area (Å²) < 4.78 is 6.78. The average Bonchev–Trinajstić information content (AvgIpc) is 3.35. The number of hydrogen-bond donors (Lipinski definition) is 1. The van der Waals surface area contributed by atoms with E-state index in [1.165, 1.54) is 16.2 Å². The van der Waals surface area contributed by atoms with E-state index < -0.39 is 0 Å². The van der Waals surface area contributed by atoms with Crippen LogP contribution in [0.15, 0.2) is 66.7 Å². The Bertz CT molecular complexity index is 1500. The standard InChI is InChI=1S/C32H34ClN3O3S/c1-34-24-11-15-26(16-12-24)36(32(38)31-30(33)27-6-4-5-7-29(27)40-31)19-23-18-22(10-17-28(23)39-3)21-8-13-25(14-9-21)35(2)20-37/h4-10,13-14,17-18,20,24,26,34H,11-12,15-16,19H2,1-3H3/t24-,26+. The zero-order valence-corrected chi connectivity index (χ0v) is 24.6. The molecule has 6 nitrogen and oxygen atoms in total. The molecule has 208 valence electrons. The van der Waals surface area contributed by atoms with Crippen molar-refractivity contribution in [2.75, 3.05) is 26.1 Å². The molecule has 1 saturated carbocycles. The normalized spacial score (nSPS) is 17.0. The molecule has 0 saturated heterocycles. The third kappa shape index (κ3) is 5.73. The summed E-state index contributed by atoms with van der Waals surface area (Å²) in [6.45, 7) is 0.418. The number of nitrogens with zero attached hydrogens (tertiary/aromatic N) is 2. The molecule has 1 heterocycles. The summed E-state index contributed by atoms with van der Waals surface area (Å²) in [6.07, 6.45) is 4.67. The van der Waals surface area contributed by atoms with Crippen LogP contribution < -0.4 is 15.0 Å². The summed E-state index contributed by atoms with van der Waals surface area (Å²) in [5.74, 6) is 0.707. The number of ether oxygens (including phenoxy) is 1. The second-order valence-electron chi connectivity index (χ2n) is 10.3. The van der Waals surface area contributed by atoms with Crippen molar-refractivity contribution in [1.29, 1.82) is 0 Å². The molecule has 1 fully saturated rings. The lowest BCUT2D eigenvalue weighted by molar-refractivity contribution is -0.107. The predicted molar refractivity (Wildman–Crippen MR) is 165 cm³/mol.